The van der Waals surface area contributed by atoms with Crippen molar-refractivity contribution in [1.29, 1.82) is 0 Å². The highest BCUT2D eigenvalue weighted by Gasteiger charge is 2.17. The highest BCUT2D eigenvalue weighted by atomic mass is 35.5. The Morgan fingerprint density at radius 2 is 1.50 bits per heavy atom. The van der Waals surface area contributed by atoms with Crippen molar-refractivity contribution in [2.75, 3.05) is 13.1 Å². The maximum Gasteiger partial charge on any atom is 0.286 e. The van der Waals surface area contributed by atoms with Crippen LogP contribution in [0.1, 0.15) is 24.2 Å². The number of halogens is 1. The lowest BCUT2D eigenvalue weighted by Gasteiger charge is -2.18. The van der Waals surface area contributed by atoms with E-state index in [2.05, 4.69) is 0 Å². The normalized spacial score (nSPS) is 10.8. The minimum atomic E-state index is -0.0788. The lowest BCUT2D eigenvalue weighted by Crippen LogP contribution is -2.26. The quantitative estimate of drug-likeness (QED) is 0.410. The van der Waals surface area contributed by atoms with Crippen molar-refractivity contribution in [2.24, 2.45) is 0 Å². The molecule has 6 heteroatoms. The first-order valence-corrected chi connectivity index (χ1v) is 11.0. The summed E-state index contributed by atoms with van der Waals surface area (Å²) in [5, 5.41) is 2.39. The molecule has 1 amide bonds. The molecule has 0 fully saturated rings. The van der Waals surface area contributed by atoms with Gasteiger partial charge in [-0.1, -0.05) is 48.0 Å². The van der Waals surface area contributed by atoms with Crippen LogP contribution in [0.25, 0.3) is 10.8 Å². The average molecular weight is 430 g/mol. The molecule has 144 valence electrons. The van der Waals surface area contributed by atoms with E-state index in [1.54, 1.807) is 29.2 Å². The molecular weight excluding hydrogens is 410 g/mol. The van der Waals surface area contributed by atoms with Gasteiger partial charge in [0, 0.05) is 38.9 Å². The van der Waals surface area contributed by atoms with E-state index in [0.717, 1.165) is 32.3 Å². The van der Waals surface area contributed by atoms with Crippen LogP contribution in [0.15, 0.2) is 70.5 Å². The third kappa shape index (κ3) is 4.72. The number of nitrogens with zero attached hydrogens (tertiary/aromatic N) is 1. The molecule has 0 aliphatic heterocycles. The molecule has 3 rings (SSSR count). The number of carbonyl (C=O) groups excluding carboxylic acids is 2. The van der Waals surface area contributed by atoms with E-state index in [4.69, 9.17) is 11.6 Å². The predicted octanol–water partition coefficient (Wildman–Crippen LogP) is 6.98. The second-order valence-electron chi connectivity index (χ2n) is 6.05. The number of rotatable bonds is 5. The lowest BCUT2D eigenvalue weighted by molar-refractivity contribution is 0.108. The van der Waals surface area contributed by atoms with E-state index in [0.29, 0.717) is 23.7 Å². The van der Waals surface area contributed by atoms with Crippen molar-refractivity contribution in [3.63, 3.8) is 0 Å². The van der Waals surface area contributed by atoms with Gasteiger partial charge < -0.3 is 4.90 Å². The van der Waals surface area contributed by atoms with E-state index >= 15 is 0 Å². The van der Waals surface area contributed by atoms with Gasteiger partial charge in [0.05, 0.1) is 0 Å². The first kappa shape index (κ1) is 20.8. The molecule has 28 heavy (non-hydrogen) atoms. The zero-order chi connectivity index (χ0) is 20.1. The topological polar surface area (TPSA) is 37.4 Å². The average Bonchev–Trinajstić information content (AvgIpc) is 2.69. The van der Waals surface area contributed by atoms with Gasteiger partial charge in [-0.05, 0) is 67.0 Å². The van der Waals surface area contributed by atoms with Gasteiger partial charge in [0.2, 0.25) is 5.12 Å². The Morgan fingerprint density at radius 3 is 2.11 bits per heavy atom. The fraction of sp³-hybridized carbons (Fsp3) is 0.182. The van der Waals surface area contributed by atoms with Crippen molar-refractivity contribution in [3.8, 4) is 0 Å². The van der Waals surface area contributed by atoms with Crippen LogP contribution in [0.5, 0.6) is 0 Å². The molecular formula is C22H20ClNO2S2. The molecule has 0 aliphatic carbocycles. The molecule has 0 saturated heterocycles. The van der Waals surface area contributed by atoms with E-state index in [-0.39, 0.29) is 10.4 Å². The smallest absolute Gasteiger partial charge is 0.286 e. The van der Waals surface area contributed by atoms with Gasteiger partial charge in [0.1, 0.15) is 0 Å². The van der Waals surface area contributed by atoms with E-state index < -0.39 is 0 Å². The third-order valence-corrected chi connectivity index (χ3v) is 6.52. The number of amides is 1. The van der Waals surface area contributed by atoms with Gasteiger partial charge in [0.15, 0.2) is 0 Å². The lowest BCUT2D eigenvalue weighted by atomic mass is 10.1. The summed E-state index contributed by atoms with van der Waals surface area (Å²) in [6, 6.07) is 18.6. The fourth-order valence-electron chi connectivity index (χ4n) is 2.86. The highest BCUT2D eigenvalue weighted by Crippen LogP contribution is 2.37. The third-order valence-electron chi connectivity index (χ3n) is 4.31. The molecule has 3 aromatic carbocycles. The zero-order valence-corrected chi connectivity index (χ0v) is 18.0. The number of thioether (sulfide) groups is 2. The number of hydrogen-bond donors (Lipinski definition) is 0. The summed E-state index contributed by atoms with van der Waals surface area (Å²) in [6.45, 7) is 5.27. The Kier molecular flexibility index (Phi) is 7.05. The second-order valence-corrected chi connectivity index (χ2v) is 8.49. The Hall–Kier alpha value is -1.95. The molecule has 0 unspecified atom stereocenters. The van der Waals surface area contributed by atoms with Gasteiger partial charge >= 0.3 is 0 Å². The SMILES string of the molecule is CCN(CC)C(=O)Sc1cccc2cccc(SC(=O)c3cccc(Cl)c3)c12. The van der Waals surface area contributed by atoms with Crippen LogP contribution in [-0.2, 0) is 0 Å². The van der Waals surface area contributed by atoms with Gasteiger partial charge in [0.25, 0.3) is 5.24 Å². The summed E-state index contributed by atoms with van der Waals surface area (Å²) < 4.78 is 0. The Morgan fingerprint density at radius 1 is 0.893 bits per heavy atom. The number of carbonyl (C=O) groups is 2. The second kappa shape index (κ2) is 9.50. The Balaban J connectivity index is 1.97. The molecule has 0 aliphatic rings. The number of hydrogen-bond acceptors (Lipinski definition) is 4. The van der Waals surface area contributed by atoms with E-state index in [9.17, 15) is 9.59 Å². The molecule has 0 N–H and O–H groups in total. The van der Waals surface area contributed by atoms with Gasteiger partial charge in [-0.15, -0.1) is 0 Å². The molecule has 0 saturated carbocycles. The maximum atomic E-state index is 12.8. The van der Waals surface area contributed by atoms with Crippen molar-refractivity contribution < 1.29 is 9.59 Å². The highest BCUT2D eigenvalue weighted by molar-refractivity contribution is 8.15. The summed E-state index contributed by atoms with van der Waals surface area (Å²) in [7, 11) is 0. The molecule has 0 radical (unpaired) electrons. The zero-order valence-electron chi connectivity index (χ0n) is 15.6. The van der Waals surface area contributed by atoms with E-state index in [1.165, 1.54) is 11.8 Å². The summed E-state index contributed by atoms with van der Waals surface area (Å²) >= 11 is 8.39. The van der Waals surface area contributed by atoms with Crippen LogP contribution in [0.4, 0.5) is 4.79 Å². The maximum absolute atomic E-state index is 12.8. The van der Waals surface area contributed by atoms with Crippen molar-refractivity contribution >= 4 is 56.3 Å². The predicted molar refractivity (Wildman–Crippen MR) is 120 cm³/mol. The van der Waals surface area contributed by atoms with Crippen LogP contribution in [0, 0.1) is 0 Å². The summed E-state index contributed by atoms with van der Waals surface area (Å²) in [6.07, 6.45) is 0. The van der Waals surface area contributed by atoms with Gasteiger partial charge in [-0.25, -0.2) is 0 Å². The molecule has 0 bridgehead atoms. The summed E-state index contributed by atoms with van der Waals surface area (Å²) in [5.41, 5.74) is 0.554. The molecule has 0 spiro atoms. The summed E-state index contributed by atoms with van der Waals surface area (Å²) in [4.78, 5) is 28.9. The summed E-state index contributed by atoms with van der Waals surface area (Å²) in [5.74, 6) is 0. The largest absolute Gasteiger partial charge is 0.334 e. The van der Waals surface area contributed by atoms with Crippen molar-refractivity contribution in [3.05, 3.63) is 71.2 Å². The number of benzene rings is 3. The molecule has 3 aromatic rings. The monoisotopic (exact) mass is 429 g/mol. The van der Waals surface area contributed by atoms with Crippen LogP contribution in [0.2, 0.25) is 5.02 Å². The molecule has 0 aromatic heterocycles. The van der Waals surface area contributed by atoms with Crippen LogP contribution in [-0.4, -0.2) is 28.3 Å². The standard InChI is InChI=1S/C22H20ClNO2S2/c1-3-24(4-2)22(26)28-19-13-7-9-15-8-6-12-18(20(15)19)27-21(25)16-10-5-11-17(23)14-16/h5-14H,3-4H2,1-2H3. The van der Waals surface area contributed by atoms with Gasteiger partial charge in [-0.2, -0.15) is 0 Å². The van der Waals surface area contributed by atoms with Gasteiger partial charge in [-0.3, -0.25) is 9.59 Å². The number of fused-ring (bicyclic) bond motifs is 1. The minimum Gasteiger partial charge on any atom is -0.334 e. The Bertz CT molecular complexity index is 1010. The fourth-order valence-corrected chi connectivity index (χ4v) is 5.09. The Labute approximate surface area is 178 Å². The van der Waals surface area contributed by atoms with Crippen LogP contribution < -0.4 is 0 Å². The first-order chi connectivity index (χ1) is 13.5. The van der Waals surface area contributed by atoms with Crippen molar-refractivity contribution in [2.45, 2.75) is 23.6 Å². The van der Waals surface area contributed by atoms with Crippen LogP contribution in [0.3, 0.4) is 0 Å². The first-order valence-electron chi connectivity index (χ1n) is 8.99. The van der Waals surface area contributed by atoms with Crippen LogP contribution >= 0.6 is 35.1 Å². The van der Waals surface area contributed by atoms with Crippen molar-refractivity contribution in [1.82, 2.24) is 4.90 Å². The molecule has 3 nitrogen and oxygen atoms in total. The van der Waals surface area contributed by atoms with E-state index in [1.807, 2.05) is 50.2 Å². The molecule has 0 heterocycles. The molecule has 0 atom stereocenters. The minimum absolute atomic E-state index is 0.0125.